The van der Waals surface area contributed by atoms with Crippen LogP contribution in [0.5, 0.6) is 0 Å². The van der Waals surface area contributed by atoms with Crippen LogP contribution in [0.15, 0.2) is 35.1 Å². The smallest absolute Gasteiger partial charge is 0.251 e. The van der Waals surface area contributed by atoms with Crippen molar-refractivity contribution in [2.24, 2.45) is 0 Å². The zero-order valence-electron chi connectivity index (χ0n) is 9.70. The van der Waals surface area contributed by atoms with Crippen molar-refractivity contribution in [1.29, 1.82) is 0 Å². The van der Waals surface area contributed by atoms with E-state index in [2.05, 4.69) is 9.97 Å². The van der Waals surface area contributed by atoms with Gasteiger partial charge in [-0.15, -0.1) is 0 Å². The first kappa shape index (κ1) is 11.9. The van der Waals surface area contributed by atoms with Crippen molar-refractivity contribution in [3.8, 4) is 11.3 Å². The second kappa shape index (κ2) is 4.72. The predicted molar refractivity (Wildman–Crippen MR) is 69.4 cm³/mol. The molecule has 4 heteroatoms. The molecule has 88 valence electrons. The van der Waals surface area contributed by atoms with Crippen LogP contribution in [-0.2, 0) is 0 Å². The molecule has 0 unspecified atom stereocenters. The average Bonchev–Trinajstić information content (AvgIpc) is 2.28. The number of hydrogen-bond acceptors (Lipinski definition) is 2. The molecule has 0 saturated carbocycles. The molecule has 2 rings (SSSR count). The molecule has 0 aliphatic heterocycles. The maximum Gasteiger partial charge on any atom is 0.251 e. The van der Waals surface area contributed by atoms with E-state index in [9.17, 15) is 4.79 Å². The summed E-state index contributed by atoms with van der Waals surface area (Å²) in [5.74, 6) is 0.845. The zero-order chi connectivity index (χ0) is 12.4. The third kappa shape index (κ3) is 2.56. The van der Waals surface area contributed by atoms with Gasteiger partial charge in [0, 0.05) is 22.6 Å². The summed E-state index contributed by atoms with van der Waals surface area (Å²) < 4.78 is 0. The summed E-state index contributed by atoms with van der Waals surface area (Å²) in [6.45, 7) is 3.96. The van der Waals surface area contributed by atoms with Crippen LogP contribution in [0.1, 0.15) is 25.6 Å². The summed E-state index contributed by atoms with van der Waals surface area (Å²) in [6, 6.07) is 8.83. The molecule has 1 heterocycles. The lowest BCUT2D eigenvalue weighted by Gasteiger charge is -2.07. The van der Waals surface area contributed by atoms with Crippen molar-refractivity contribution in [2.75, 3.05) is 0 Å². The van der Waals surface area contributed by atoms with E-state index in [-0.39, 0.29) is 11.5 Å². The van der Waals surface area contributed by atoms with Crippen LogP contribution in [-0.4, -0.2) is 9.97 Å². The van der Waals surface area contributed by atoms with Gasteiger partial charge in [0.15, 0.2) is 0 Å². The van der Waals surface area contributed by atoms with Gasteiger partial charge in [0.25, 0.3) is 5.56 Å². The summed E-state index contributed by atoms with van der Waals surface area (Å²) in [4.78, 5) is 18.7. The van der Waals surface area contributed by atoms with E-state index < -0.39 is 0 Å². The highest BCUT2D eigenvalue weighted by Gasteiger charge is 2.09. The Morgan fingerprint density at radius 2 is 2.00 bits per heavy atom. The number of aromatic nitrogens is 2. The summed E-state index contributed by atoms with van der Waals surface area (Å²) in [7, 11) is 0. The highest BCUT2D eigenvalue weighted by molar-refractivity contribution is 6.33. The Bertz CT molecular complexity index is 590. The fraction of sp³-hybridized carbons (Fsp3) is 0.231. The topological polar surface area (TPSA) is 45.8 Å². The summed E-state index contributed by atoms with van der Waals surface area (Å²) in [5.41, 5.74) is 1.24. The van der Waals surface area contributed by atoms with Gasteiger partial charge in [-0.3, -0.25) is 4.79 Å². The first-order valence-electron chi connectivity index (χ1n) is 5.44. The Kier molecular flexibility index (Phi) is 3.29. The number of nitrogens with zero attached hydrogens (tertiary/aromatic N) is 1. The third-order valence-corrected chi connectivity index (χ3v) is 2.79. The van der Waals surface area contributed by atoms with E-state index in [1.165, 1.54) is 6.07 Å². The second-order valence-corrected chi connectivity index (χ2v) is 4.56. The summed E-state index contributed by atoms with van der Waals surface area (Å²) in [6.07, 6.45) is 0. The fourth-order valence-electron chi connectivity index (χ4n) is 1.56. The van der Waals surface area contributed by atoms with Crippen molar-refractivity contribution in [1.82, 2.24) is 9.97 Å². The van der Waals surface area contributed by atoms with Crippen LogP contribution in [0.3, 0.4) is 0 Å². The minimum atomic E-state index is -0.154. The van der Waals surface area contributed by atoms with Gasteiger partial charge in [0.05, 0.1) is 5.69 Å². The number of nitrogens with one attached hydrogen (secondary N) is 1. The molecule has 0 radical (unpaired) electrons. The molecule has 0 spiro atoms. The van der Waals surface area contributed by atoms with Gasteiger partial charge >= 0.3 is 0 Å². The molecule has 0 aliphatic carbocycles. The SMILES string of the molecule is CC(C)c1nc(-c2ccccc2Cl)cc(=O)[nH]1. The average molecular weight is 249 g/mol. The van der Waals surface area contributed by atoms with Gasteiger partial charge in [0.2, 0.25) is 0 Å². The second-order valence-electron chi connectivity index (χ2n) is 4.15. The minimum absolute atomic E-state index is 0.154. The molecular weight excluding hydrogens is 236 g/mol. The minimum Gasteiger partial charge on any atom is -0.310 e. The number of H-pyrrole nitrogens is 1. The number of halogens is 1. The van der Waals surface area contributed by atoms with Crippen molar-refractivity contribution >= 4 is 11.6 Å². The highest BCUT2D eigenvalue weighted by atomic mass is 35.5. The Hall–Kier alpha value is -1.61. The lowest BCUT2D eigenvalue weighted by atomic mass is 10.1. The van der Waals surface area contributed by atoms with E-state index in [4.69, 9.17) is 11.6 Å². The van der Waals surface area contributed by atoms with Crippen LogP contribution in [0, 0.1) is 0 Å². The van der Waals surface area contributed by atoms with Gasteiger partial charge in [-0.25, -0.2) is 4.98 Å². The van der Waals surface area contributed by atoms with Gasteiger partial charge in [-0.1, -0.05) is 43.6 Å². The molecule has 2 aromatic rings. The number of benzene rings is 1. The largest absolute Gasteiger partial charge is 0.310 e. The summed E-state index contributed by atoms with van der Waals surface area (Å²) >= 11 is 6.09. The van der Waals surface area contributed by atoms with Gasteiger partial charge in [-0.05, 0) is 6.07 Å². The molecule has 0 amide bonds. The normalized spacial score (nSPS) is 10.8. The molecule has 1 aromatic heterocycles. The molecule has 3 nitrogen and oxygen atoms in total. The summed E-state index contributed by atoms with van der Waals surface area (Å²) in [5, 5.41) is 0.598. The van der Waals surface area contributed by atoms with Crippen LogP contribution < -0.4 is 5.56 Å². The predicted octanol–water partition coefficient (Wildman–Crippen LogP) is 3.21. The first-order chi connectivity index (χ1) is 8.08. The number of rotatable bonds is 2. The lowest BCUT2D eigenvalue weighted by Crippen LogP contribution is -2.12. The van der Waals surface area contributed by atoms with E-state index in [0.717, 1.165) is 5.56 Å². The fourth-order valence-corrected chi connectivity index (χ4v) is 1.79. The van der Waals surface area contributed by atoms with Crippen LogP contribution >= 0.6 is 11.6 Å². The number of hydrogen-bond donors (Lipinski definition) is 1. The van der Waals surface area contributed by atoms with E-state index >= 15 is 0 Å². The van der Waals surface area contributed by atoms with Crippen molar-refractivity contribution in [3.05, 3.63) is 51.5 Å². The molecule has 0 fully saturated rings. The Balaban J connectivity index is 2.60. The molecule has 1 N–H and O–H groups in total. The Labute approximate surface area is 104 Å². The molecule has 0 aliphatic rings. The van der Waals surface area contributed by atoms with Gasteiger partial charge < -0.3 is 4.98 Å². The van der Waals surface area contributed by atoms with Gasteiger partial charge in [-0.2, -0.15) is 0 Å². The monoisotopic (exact) mass is 248 g/mol. The molecule has 0 atom stereocenters. The maximum atomic E-state index is 11.6. The van der Waals surface area contributed by atoms with Crippen molar-refractivity contribution in [3.63, 3.8) is 0 Å². The van der Waals surface area contributed by atoms with Crippen LogP contribution in [0.4, 0.5) is 0 Å². The van der Waals surface area contributed by atoms with Crippen LogP contribution in [0.25, 0.3) is 11.3 Å². The standard InChI is InChI=1S/C13H13ClN2O/c1-8(2)13-15-11(7-12(17)16-13)9-5-3-4-6-10(9)14/h3-8H,1-2H3,(H,15,16,17). The molecule has 1 aromatic carbocycles. The van der Waals surface area contributed by atoms with Crippen molar-refractivity contribution < 1.29 is 0 Å². The maximum absolute atomic E-state index is 11.6. The molecule has 0 bridgehead atoms. The molecule has 0 saturated heterocycles. The zero-order valence-corrected chi connectivity index (χ0v) is 10.5. The lowest BCUT2D eigenvalue weighted by molar-refractivity contribution is 0.768. The van der Waals surface area contributed by atoms with Gasteiger partial charge in [0.1, 0.15) is 5.82 Å². The quantitative estimate of drug-likeness (QED) is 0.887. The van der Waals surface area contributed by atoms with E-state index in [1.54, 1.807) is 6.07 Å². The Morgan fingerprint density at radius 3 is 2.65 bits per heavy atom. The molecular formula is C13H13ClN2O. The number of aromatic amines is 1. The third-order valence-electron chi connectivity index (χ3n) is 2.46. The van der Waals surface area contributed by atoms with E-state index in [0.29, 0.717) is 16.5 Å². The van der Waals surface area contributed by atoms with Crippen molar-refractivity contribution in [2.45, 2.75) is 19.8 Å². The Morgan fingerprint density at radius 1 is 1.29 bits per heavy atom. The highest BCUT2D eigenvalue weighted by Crippen LogP contribution is 2.25. The van der Waals surface area contributed by atoms with Crippen LogP contribution in [0.2, 0.25) is 5.02 Å². The first-order valence-corrected chi connectivity index (χ1v) is 5.82. The molecule has 17 heavy (non-hydrogen) atoms. The van der Waals surface area contributed by atoms with E-state index in [1.807, 2.05) is 32.0 Å².